The Morgan fingerprint density at radius 1 is 0.144 bits per heavy atom. The van der Waals surface area contributed by atoms with E-state index in [1.165, 1.54) is 37.7 Å². The molecule has 31 aromatic rings. The first kappa shape index (κ1) is 87.1. The second-order valence-electron chi connectivity index (χ2n) is 35.8. The molecule has 21 aromatic carbocycles. The molecule has 0 aliphatic carbocycles. The van der Waals surface area contributed by atoms with E-state index in [2.05, 4.69) is 268 Å². The molecular weight excluding hydrogens is 1910 g/mol. The molecule has 31 rings (SSSR count). The molecule has 0 atom stereocenters. The number of furan rings is 5. The molecule has 20 heteroatoms. The van der Waals surface area contributed by atoms with E-state index < -0.39 is 0 Å². The second kappa shape index (κ2) is 35.9. The van der Waals surface area contributed by atoms with Crippen molar-refractivity contribution in [2.24, 2.45) is 0 Å². The van der Waals surface area contributed by atoms with Gasteiger partial charge in [-0.3, -0.25) is 0 Å². The van der Waals surface area contributed by atoms with E-state index in [0.717, 1.165) is 248 Å². The van der Waals surface area contributed by atoms with Crippen molar-refractivity contribution in [2.45, 2.75) is 0 Å². The molecule has 10 aromatic heterocycles. The highest BCUT2D eigenvalue weighted by atomic mass is 35.5. The van der Waals surface area contributed by atoms with Crippen molar-refractivity contribution < 1.29 is 22.1 Å². The van der Waals surface area contributed by atoms with Crippen molar-refractivity contribution in [3.63, 3.8) is 0 Å². The summed E-state index contributed by atoms with van der Waals surface area (Å²) in [6.07, 6.45) is 0. The Bertz CT molecular complexity index is 10800. The first-order chi connectivity index (χ1) is 71.8. The second-order valence-corrected chi connectivity index (χ2v) is 37.5. The van der Waals surface area contributed by atoms with Crippen molar-refractivity contribution in [1.29, 1.82) is 0 Å². The number of benzene rings is 21. The minimum Gasteiger partial charge on any atom is -0.456 e. The number of fused-ring (bicyclic) bond motifs is 25. The maximum Gasteiger partial charge on any atom is 0.223 e. The maximum atomic E-state index is 6.45. The molecule has 146 heavy (non-hydrogen) atoms. The van der Waals surface area contributed by atoms with Crippen LogP contribution in [0, 0.1) is 0 Å². The summed E-state index contributed by atoms with van der Waals surface area (Å²) in [5, 5.41) is 28.6. The number of aromatic nitrogens is 10. The third-order valence-corrected chi connectivity index (χ3v) is 28.0. The van der Waals surface area contributed by atoms with Gasteiger partial charge in [-0.2, -0.15) is 0 Å². The minimum atomic E-state index is 0.228. The summed E-state index contributed by atoms with van der Waals surface area (Å²) in [6, 6.07) is 142. The summed E-state index contributed by atoms with van der Waals surface area (Å²) in [4.78, 5) is 44.5. The van der Waals surface area contributed by atoms with Crippen LogP contribution in [0.5, 0.6) is 0 Å². The molecule has 15 nitrogen and oxygen atoms in total. The van der Waals surface area contributed by atoms with Crippen LogP contribution in [0.15, 0.2) is 441 Å². The molecule has 0 bridgehead atoms. The molecule has 0 saturated heterocycles. The van der Waals surface area contributed by atoms with Crippen LogP contribution < -0.4 is 0 Å². The lowest BCUT2D eigenvalue weighted by atomic mass is 9.94. The monoisotopic (exact) mass is 1980 g/mol. The lowest BCUT2D eigenvalue weighted by molar-refractivity contribution is 0.669. The van der Waals surface area contributed by atoms with Gasteiger partial charge in [-0.1, -0.05) is 273 Å². The molecule has 0 unspecified atom stereocenters. The van der Waals surface area contributed by atoms with Crippen LogP contribution in [0.3, 0.4) is 0 Å². The number of rotatable bonds is 6. The van der Waals surface area contributed by atoms with Gasteiger partial charge in [0.15, 0.2) is 0 Å². The van der Waals surface area contributed by atoms with E-state index in [-0.39, 0.29) is 26.4 Å². The van der Waals surface area contributed by atoms with Crippen LogP contribution in [-0.2, 0) is 0 Å². The number of hydrogen-bond donors (Lipinski definition) is 0. The number of nitrogens with zero attached hydrogens (tertiary/aromatic N) is 10. The molecule has 0 saturated carbocycles. The molecule has 0 fully saturated rings. The predicted molar refractivity (Wildman–Crippen MR) is 599 cm³/mol. The maximum absolute atomic E-state index is 6.45. The predicted octanol–water partition coefficient (Wildman–Crippen LogP) is 36.7. The van der Waals surface area contributed by atoms with Gasteiger partial charge in [0.05, 0.1) is 56.1 Å². The van der Waals surface area contributed by atoms with Crippen LogP contribution >= 0.6 is 58.0 Å². The van der Waals surface area contributed by atoms with Crippen molar-refractivity contribution in [3.05, 3.63) is 445 Å². The van der Waals surface area contributed by atoms with Crippen LogP contribution in [0.2, 0.25) is 26.4 Å². The zero-order valence-electron chi connectivity index (χ0n) is 76.7. The molecule has 688 valence electrons. The third-order valence-electron chi connectivity index (χ3n) is 27.1. The molecule has 0 aliphatic rings. The van der Waals surface area contributed by atoms with Gasteiger partial charge in [-0.25, -0.2) is 49.8 Å². The zero-order valence-corrected chi connectivity index (χ0v) is 80.5. The molecule has 10 heterocycles. The summed E-state index contributed by atoms with van der Waals surface area (Å²) < 4.78 is 31.3. The van der Waals surface area contributed by atoms with E-state index in [9.17, 15) is 0 Å². The lowest BCUT2D eigenvalue weighted by Crippen LogP contribution is -1.92. The Hall–Kier alpha value is -17.9. The number of halogens is 5. The average Bonchev–Trinajstić information content (AvgIpc) is 1.58. The SMILES string of the molecule is Clc1nc(-c2cc(-c3ccccc3)c3c(c2)oc2cc4ccccc4cc23)c2ccccc2n1.Clc1nc(-c2ccc3c(c2)oc2cc4ccccc4cc23)c2ccccc2n1.Clc1nc(-c2ccc3oc4cc5ccccc5cc4c3c2)c2ccccc2n1.Clc1nc(-c2cccc3c2oc2cc4ccccc4cc23)c2ccccc2n1.Clc1nc(-c2cccc3oc4cc5ccccc5cc4c23)c2ccccc2n1. The molecule has 0 amide bonds. The van der Waals surface area contributed by atoms with Gasteiger partial charge in [-0.15, -0.1) is 0 Å². The topological polar surface area (TPSA) is 195 Å². The number of para-hydroxylation sites is 6. The van der Waals surface area contributed by atoms with Crippen LogP contribution in [0.4, 0.5) is 0 Å². The highest BCUT2D eigenvalue weighted by Crippen LogP contribution is 2.48. The zero-order chi connectivity index (χ0) is 97.3. The van der Waals surface area contributed by atoms with Gasteiger partial charge >= 0.3 is 0 Å². The fourth-order valence-electron chi connectivity index (χ4n) is 20.5. The molecule has 0 radical (unpaired) electrons. The third kappa shape index (κ3) is 15.7. The summed E-state index contributed by atoms with van der Waals surface area (Å²) in [7, 11) is 0. The standard InChI is InChI=1S/C30H17ClN2O.4C24H13ClN2O/c31-30-32-25-13-7-6-12-22(25)29(33-30)21-15-23(18-8-2-1-3-9-18)28-24-14-19-10-4-5-11-20(19)16-26(24)34-27(28)17-21;25-24-26-20-11-4-3-8-17(20)22(27-24)18-10-5-9-16-19-12-14-6-1-2-7-15(14)13-21(19)28-23(16)18;25-24-26-19-10-4-3-8-16(19)23(27-24)17-9-5-11-20-22(17)18-12-14-6-1-2-7-15(14)13-21(18)28-20;25-24-26-20-8-4-3-7-17(20)23(27-24)16-9-10-21-18(12-16)19-11-14-5-1-2-6-15(14)13-22(19)28-21;25-24-26-20-8-4-3-7-18(20)23(27-24)16-9-10-17-19-11-14-5-1-2-6-15(14)12-22(19)28-21(17)13-16/h1-17H;4*1-13H. The quantitative estimate of drug-likeness (QED) is 0.143. The van der Waals surface area contributed by atoms with Crippen LogP contribution in [0.25, 0.3) is 285 Å². The average molecular weight is 1980 g/mol. The van der Waals surface area contributed by atoms with Crippen molar-refractivity contribution in [2.75, 3.05) is 0 Å². The van der Waals surface area contributed by atoms with E-state index in [1.807, 2.05) is 200 Å². The van der Waals surface area contributed by atoms with Crippen molar-refractivity contribution >= 4 is 276 Å². The van der Waals surface area contributed by atoms with E-state index in [0.29, 0.717) is 0 Å². The van der Waals surface area contributed by atoms with Gasteiger partial charge in [0, 0.05) is 109 Å². The fourth-order valence-corrected chi connectivity index (χ4v) is 21.4. The molecule has 0 N–H and O–H groups in total. The highest BCUT2D eigenvalue weighted by Gasteiger charge is 2.25. The first-order valence-electron chi connectivity index (χ1n) is 47.3. The Kier molecular flexibility index (Phi) is 21.4. The summed E-state index contributed by atoms with van der Waals surface area (Å²) in [5.74, 6) is 0. The highest BCUT2D eigenvalue weighted by molar-refractivity contribution is 6.32. The van der Waals surface area contributed by atoms with Gasteiger partial charge in [-0.05, 0) is 269 Å². The molecular formula is C126H69Cl5N10O5. The lowest BCUT2D eigenvalue weighted by Gasteiger charge is -2.10. The summed E-state index contributed by atoms with van der Waals surface area (Å²) >= 11 is 31.2. The molecule has 0 aliphatic heterocycles. The first-order valence-corrected chi connectivity index (χ1v) is 49.2. The van der Waals surface area contributed by atoms with Gasteiger partial charge in [0.2, 0.25) is 26.4 Å². The van der Waals surface area contributed by atoms with E-state index in [4.69, 9.17) is 80.1 Å². The van der Waals surface area contributed by atoms with Crippen molar-refractivity contribution in [1.82, 2.24) is 49.8 Å². The van der Waals surface area contributed by atoms with Crippen LogP contribution in [0.1, 0.15) is 0 Å². The van der Waals surface area contributed by atoms with Crippen LogP contribution in [-0.4, -0.2) is 49.8 Å². The molecule has 0 spiro atoms. The largest absolute Gasteiger partial charge is 0.456 e. The van der Waals surface area contributed by atoms with Gasteiger partial charge in [0.25, 0.3) is 0 Å². The van der Waals surface area contributed by atoms with E-state index in [1.54, 1.807) is 0 Å². The van der Waals surface area contributed by atoms with Crippen molar-refractivity contribution in [3.8, 4) is 67.4 Å². The van der Waals surface area contributed by atoms with E-state index >= 15 is 0 Å². The minimum absolute atomic E-state index is 0.228. The Morgan fingerprint density at radius 2 is 0.438 bits per heavy atom. The summed E-state index contributed by atoms with van der Waals surface area (Å²) in [5.41, 5.74) is 23.7. The van der Waals surface area contributed by atoms with Gasteiger partial charge < -0.3 is 22.1 Å². The van der Waals surface area contributed by atoms with Gasteiger partial charge in [0.1, 0.15) is 55.8 Å². The summed E-state index contributed by atoms with van der Waals surface area (Å²) in [6.45, 7) is 0. The Labute approximate surface area is 853 Å². The Morgan fingerprint density at radius 3 is 0.904 bits per heavy atom. The number of hydrogen-bond acceptors (Lipinski definition) is 15. The fraction of sp³-hybridized carbons (Fsp3) is 0. The smallest absolute Gasteiger partial charge is 0.223 e. The normalized spacial score (nSPS) is 11.7. The Balaban J connectivity index is 0.0000000907.